The summed E-state index contributed by atoms with van der Waals surface area (Å²) in [5.74, 6) is 0.437. The van der Waals surface area contributed by atoms with Gasteiger partial charge in [0.05, 0.1) is 11.5 Å². The van der Waals surface area contributed by atoms with E-state index in [4.69, 9.17) is 14.4 Å². The maximum Gasteiger partial charge on any atom is 1.00 e. The molecule has 0 aliphatic heterocycles. The zero-order valence-electron chi connectivity index (χ0n) is 9.25. The van der Waals surface area contributed by atoms with Crippen molar-refractivity contribution in [3.63, 3.8) is 0 Å². The van der Waals surface area contributed by atoms with E-state index >= 15 is 0 Å². The number of rotatable bonds is 4. The summed E-state index contributed by atoms with van der Waals surface area (Å²) in [6, 6.07) is 5.25. The number of aliphatic hydroxyl groups is 1. The average Bonchev–Trinajstić information content (AvgIpc) is 2.14. The van der Waals surface area contributed by atoms with Crippen LogP contribution in [0.15, 0.2) is 29.2 Å². The van der Waals surface area contributed by atoms with E-state index in [2.05, 4.69) is 0 Å². The summed E-state index contributed by atoms with van der Waals surface area (Å²) in [6.45, 7) is 0.0330. The predicted octanol–water partition coefficient (Wildman–Crippen LogP) is -2.58. The Morgan fingerprint density at radius 2 is 1.80 bits per heavy atom. The minimum atomic E-state index is -4.15. The summed E-state index contributed by atoms with van der Waals surface area (Å²) < 4.78 is 34.9. The molecule has 0 saturated carbocycles. The molecule has 0 aliphatic rings. The van der Waals surface area contributed by atoms with Crippen LogP contribution in [0.4, 0.5) is 0 Å². The van der Waals surface area contributed by atoms with Crippen LogP contribution in [0.1, 0.15) is 1.43 Å². The molecule has 0 atom stereocenters. The first-order valence-corrected chi connectivity index (χ1v) is 5.29. The van der Waals surface area contributed by atoms with Gasteiger partial charge in [-0.3, -0.25) is 4.55 Å². The fourth-order valence-electron chi connectivity index (χ4n) is 0.871. The number of aliphatic hydroxyl groups excluding tert-OH is 1. The van der Waals surface area contributed by atoms with Crippen LogP contribution in [0.2, 0.25) is 0 Å². The van der Waals surface area contributed by atoms with Crippen molar-refractivity contribution >= 4 is 10.1 Å². The molecule has 0 spiro atoms. The van der Waals surface area contributed by atoms with Crippen molar-refractivity contribution in [2.45, 2.75) is 4.90 Å². The molecule has 0 fully saturated rings. The molecule has 80 valence electrons. The van der Waals surface area contributed by atoms with Crippen LogP contribution in [-0.4, -0.2) is 31.3 Å². The smallest absolute Gasteiger partial charge is 1.00 e. The largest absolute Gasteiger partial charge is 1.00 e. The van der Waals surface area contributed by atoms with E-state index < -0.39 is 10.1 Å². The molecular weight excluding hydrogens is 215 g/mol. The molecule has 0 aromatic heterocycles. The van der Waals surface area contributed by atoms with Crippen molar-refractivity contribution in [1.29, 1.82) is 0 Å². The predicted molar refractivity (Wildman–Crippen MR) is 49.9 cm³/mol. The Hall–Kier alpha value is -0.513. The van der Waals surface area contributed by atoms with Crippen LogP contribution in [0.25, 0.3) is 0 Å². The van der Waals surface area contributed by atoms with Crippen LogP contribution in [0.5, 0.6) is 5.75 Å². The van der Waals surface area contributed by atoms with E-state index in [9.17, 15) is 8.42 Å². The van der Waals surface area contributed by atoms with Crippen molar-refractivity contribution in [3.8, 4) is 5.75 Å². The standard InChI is InChI=1S/C8H10O5S.Li.H/c9-5-6-13-7-1-3-8(4-2-7)14(10,11)12;;/h1-4,9H,5-6H2,(H,10,11,12);;/q;+1;-1. The summed E-state index contributed by atoms with van der Waals surface area (Å²) >= 11 is 0. The summed E-state index contributed by atoms with van der Waals surface area (Å²) in [6.07, 6.45) is 0. The Labute approximate surface area is 101 Å². The molecular formula is C8H11LiO5S. The Morgan fingerprint density at radius 3 is 2.20 bits per heavy atom. The number of benzene rings is 1. The second kappa shape index (κ2) is 6.15. The zero-order chi connectivity index (χ0) is 10.6. The fraction of sp³-hybridized carbons (Fsp3) is 0.250. The quantitative estimate of drug-likeness (QED) is 0.435. The third kappa shape index (κ3) is 4.69. The van der Waals surface area contributed by atoms with Gasteiger partial charge in [0.2, 0.25) is 0 Å². The van der Waals surface area contributed by atoms with Gasteiger partial charge in [-0.15, -0.1) is 0 Å². The molecule has 0 bridgehead atoms. The van der Waals surface area contributed by atoms with E-state index in [1.165, 1.54) is 24.3 Å². The molecule has 0 saturated heterocycles. The van der Waals surface area contributed by atoms with Crippen molar-refractivity contribution in [1.82, 2.24) is 0 Å². The summed E-state index contributed by atoms with van der Waals surface area (Å²) in [5.41, 5.74) is 0. The molecule has 2 N–H and O–H groups in total. The molecule has 0 amide bonds. The topological polar surface area (TPSA) is 83.8 Å². The van der Waals surface area contributed by atoms with Crippen molar-refractivity contribution in [3.05, 3.63) is 24.3 Å². The van der Waals surface area contributed by atoms with E-state index in [-0.39, 0.29) is 38.4 Å². The minimum absolute atomic E-state index is 0. The molecule has 0 aliphatic carbocycles. The van der Waals surface area contributed by atoms with Gasteiger partial charge in [0, 0.05) is 0 Å². The Bertz CT molecular complexity index is 391. The first-order chi connectivity index (χ1) is 6.54. The van der Waals surface area contributed by atoms with Gasteiger partial charge in [-0.25, -0.2) is 0 Å². The molecule has 0 radical (unpaired) electrons. The Kier molecular flexibility index (Phi) is 5.94. The number of hydrogen-bond donors (Lipinski definition) is 2. The van der Waals surface area contributed by atoms with Gasteiger partial charge in [0.1, 0.15) is 12.4 Å². The average molecular weight is 226 g/mol. The zero-order valence-corrected chi connectivity index (χ0v) is 9.07. The normalized spacial score (nSPS) is 10.5. The minimum Gasteiger partial charge on any atom is -1.00 e. The van der Waals surface area contributed by atoms with Crippen LogP contribution >= 0.6 is 0 Å². The molecule has 5 nitrogen and oxygen atoms in total. The van der Waals surface area contributed by atoms with Gasteiger partial charge in [0.25, 0.3) is 10.1 Å². The van der Waals surface area contributed by atoms with Gasteiger partial charge in [-0.2, -0.15) is 8.42 Å². The maximum atomic E-state index is 10.6. The first kappa shape index (κ1) is 14.5. The molecule has 1 aromatic carbocycles. The van der Waals surface area contributed by atoms with Crippen LogP contribution in [0, 0.1) is 0 Å². The number of ether oxygens (including phenoxy) is 1. The molecule has 0 unspecified atom stereocenters. The van der Waals surface area contributed by atoms with Crippen LogP contribution in [-0.2, 0) is 10.1 Å². The summed E-state index contributed by atoms with van der Waals surface area (Å²) in [5, 5.41) is 8.45. The van der Waals surface area contributed by atoms with Gasteiger partial charge in [-0.1, -0.05) is 0 Å². The Morgan fingerprint density at radius 1 is 1.27 bits per heavy atom. The number of hydrogen-bond acceptors (Lipinski definition) is 4. The molecule has 7 heteroatoms. The van der Waals surface area contributed by atoms with Crippen LogP contribution in [0.3, 0.4) is 0 Å². The van der Waals surface area contributed by atoms with Crippen molar-refractivity contribution < 1.29 is 43.1 Å². The maximum absolute atomic E-state index is 10.6. The van der Waals surface area contributed by atoms with E-state index in [1.807, 2.05) is 0 Å². The Balaban J connectivity index is 0. The SMILES string of the molecule is O=S(=O)(O)c1ccc(OCCO)cc1.[H-].[Li+]. The molecule has 1 rings (SSSR count). The second-order valence-electron chi connectivity index (χ2n) is 2.52. The third-order valence-electron chi connectivity index (χ3n) is 1.48. The van der Waals surface area contributed by atoms with Crippen molar-refractivity contribution in [2.75, 3.05) is 13.2 Å². The van der Waals surface area contributed by atoms with Gasteiger partial charge >= 0.3 is 18.9 Å². The van der Waals surface area contributed by atoms with Gasteiger partial charge in [-0.05, 0) is 24.3 Å². The molecule has 15 heavy (non-hydrogen) atoms. The summed E-state index contributed by atoms with van der Waals surface area (Å²) in [4.78, 5) is -0.186. The monoisotopic (exact) mass is 226 g/mol. The first-order valence-electron chi connectivity index (χ1n) is 3.85. The fourth-order valence-corrected chi connectivity index (χ4v) is 1.35. The van der Waals surface area contributed by atoms with Crippen molar-refractivity contribution in [2.24, 2.45) is 0 Å². The second-order valence-corrected chi connectivity index (χ2v) is 3.94. The van der Waals surface area contributed by atoms with Gasteiger partial charge in [0.15, 0.2) is 0 Å². The third-order valence-corrected chi connectivity index (χ3v) is 2.35. The van der Waals surface area contributed by atoms with E-state index in [1.54, 1.807) is 0 Å². The molecule has 1 aromatic rings. The van der Waals surface area contributed by atoms with E-state index in [0.717, 1.165) is 0 Å². The van der Waals surface area contributed by atoms with Gasteiger partial charge < -0.3 is 11.3 Å². The van der Waals surface area contributed by atoms with E-state index in [0.29, 0.717) is 5.75 Å². The summed E-state index contributed by atoms with van der Waals surface area (Å²) in [7, 11) is -4.15. The molecule has 0 heterocycles. The van der Waals surface area contributed by atoms with Crippen LogP contribution < -0.4 is 23.6 Å².